The predicted molar refractivity (Wildman–Crippen MR) is 42.0 cm³/mol. The van der Waals surface area contributed by atoms with Crippen molar-refractivity contribution in [2.45, 2.75) is 0 Å². The second-order valence-electron chi connectivity index (χ2n) is 2.29. The topological polar surface area (TPSA) is 87.4 Å². The lowest BCUT2D eigenvalue weighted by atomic mass is 11.0. The van der Waals surface area contributed by atoms with Crippen LogP contribution in [0.2, 0.25) is 0 Å². The van der Waals surface area contributed by atoms with Crippen LogP contribution < -0.4 is 0 Å². The number of hydrogen-bond donors (Lipinski definition) is 4. The van der Waals surface area contributed by atoms with Gasteiger partial charge in [-0.25, -0.2) is 10.0 Å². The smallest absolute Gasteiger partial charge is 0.368 e. The second-order valence-corrected chi connectivity index (χ2v) is 3.49. The summed E-state index contributed by atoms with van der Waals surface area (Å²) in [6, 6.07) is 0. The van der Waals surface area contributed by atoms with E-state index in [4.69, 9.17) is 19.2 Å². The van der Waals surface area contributed by atoms with Gasteiger partial charge in [0, 0.05) is 28.2 Å². The second kappa shape index (κ2) is 5.60. The molecule has 0 heterocycles. The maximum absolute atomic E-state index is 7.33. The van der Waals surface area contributed by atoms with Crippen LogP contribution in [0.15, 0.2) is 0 Å². The van der Waals surface area contributed by atoms with Crippen molar-refractivity contribution < 1.29 is 19.2 Å². The van der Waals surface area contributed by atoms with Gasteiger partial charge in [0.05, 0.1) is 0 Å². The van der Waals surface area contributed by atoms with Crippen molar-refractivity contribution in [3.8, 4) is 0 Å². The normalized spacial score (nSPS) is 11.5. The molecule has 0 aromatic carbocycles. The molecular formula is C4H16N2O4Si. The van der Waals surface area contributed by atoms with Crippen molar-refractivity contribution in [2.24, 2.45) is 0 Å². The van der Waals surface area contributed by atoms with Gasteiger partial charge in [0.25, 0.3) is 0 Å². The Hall–Kier alpha value is -0.0231. The number of hydrogen-bond acceptors (Lipinski definition) is 6. The van der Waals surface area contributed by atoms with Gasteiger partial charge < -0.3 is 19.2 Å². The van der Waals surface area contributed by atoms with Gasteiger partial charge in [-0.2, -0.15) is 0 Å². The molecule has 0 spiro atoms. The Labute approximate surface area is 67.4 Å². The molecule has 11 heavy (non-hydrogen) atoms. The van der Waals surface area contributed by atoms with Crippen molar-refractivity contribution >= 4 is 9.05 Å². The lowest BCUT2D eigenvalue weighted by Crippen LogP contribution is -2.33. The lowest BCUT2D eigenvalue weighted by Gasteiger charge is -2.17. The molecule has 0 aromatic rings. The van der Waals surface area contributed by atoms with E-state index < -0.39 is 9.05 Å². The fourth-order valence-electron chi connectivity index (χ4n) is 0. The van der Waals surface area contributed by atoms with Crippen LogP contribution >= 0.6 is 0 Å². The molecular weight excluding hydrogens is 168 g/mol. The molecule has 0 aliphatic carbocycles. The van der Waals surface area contributed by atoms with Crippen LogP contribution in [0.5, 0.6) is 0 Å². The third kappa shape index (κ3) is 40.1. The minimum Gasteiger partial charge on any atom is -0.368 e. The number of hydrazine groups is 1. The zero-order valence-corrected chi connectivity index (χ0v) is 8.18. The average Bonchev–Trinajstić information content (AvgIpc) is 1.59. The van der Waals surface area contributed by atoms with Crippen LogP contribution in [0.3, 0.4) is 0 Å². The van der Waals surface area contributed by atoms with Crippen LogP contribution in [0.4, 0.5) is 0 Å². The van der Waals surface area contributed by atoms with Gasteiger partial charge in [-0.3, -0.25) is 0 Å². The van der Waals surface area contributed by atoms with E-state index in [0.717, 1.165) is 0 Å². The monoisotopic (exact) mass is 184 g/mol. The van der Waals surface area contributed by atoms with E-state index in [2.05, 4.69) is 0 Å². The summed E-state index contributed by atoms with van der Waals surface area (Å²) < 4.78 is 0. The molecule has 70 valence electrons. The molecule has 0 fully saturated rings. The molecule has 0 rings (SSSR count). The van der Waals surface area contributed by atoms with Gasteiger partial charge in [-0.05, 0) is 0 Å². The SMILES string of the molecule is CN(C)N(C)C.O[Si](O)(O)O. The Morgan fingerprint density at radius 1 is 0.727 bits per heavy atom. The van der Waals surface area contributed by atoms with Gasteiger partial charge >= 0.3 is 9.05 Å². The van der Waals surface area contributed by atoms with Gasteiger partial charge in [0.2, 0.25) is 0 Å². The summed E-state index contributed by atoms with van der Waals surface area (Å²) >= 11 is 0. The number of rotatable bonds is 1. The summed E-state index contributed by atoms with van der Waals surface area (Å²) in [6.07, 6.45) is 0. The summed E-state index contributed by atoms with van der Waals surface area (Å²) in [5.74, 6) is 0. The predicted octanol–water partition coefficient (Wildman–Crippen LogP) is -2.58. The lowest BCUT2D eigenvalue weighted by molar-refractivity contribution is 0.0894. The van der Waals surface area contributed by atoms with E-state index in [0.29, 0.717) is 0 Å². The molecule has 6 nitrogen and oxygen atoms in total. The molecule has 0 aromatic heterocycles. The third-order valence-electron chi connectivity index (χ3n) is 0.800. The van der Waals surface area contributed by atoms with Crippen molar-refractivity contribution in [1.29, 1.82) is 0 Å². The summed E-state index contributed by atoms with van der Waals surface area (Å²) in [6.45, 7) is 0. The van der Waals surface area contributed by atoms with E-state index in [9.17, 15) is 0 Å². The molecule has 0 amide bonds. The molecule has 7 heteroatoms. The van der Waals surface area contributed by atoms with Crippen LogP contribution in [-0.4, -0.2) is 66.4 Å². The number of nitrogens with zero attached hydrogens (tertiary/aromatic N) is 2. The first-order chi connectivity index (χ1) is 4.64. The van der Waals surface area contributed by atoms with Gasteiger partial charge in [-0.15, -0.1) is 0 Å². The molecule has 0 bridgehead atoms. The van der Waals surface area contributed by atoms with Crippen molar-refractivity contribution in [1.82, 2.24) is 10.0 Å². The van der Waals surface area contributed by atoms with Gasteiger partial charge in [-0.1, -0.05) is 0 Å². The average molecular weight is 184 g/mol. The molecule has 0 atom stereocenters. The summed E-state index contributed by atoms with van der Waals surface area (Å²) in [5.41, 5.74) is 0. The van der Waals surface area contributed by atoms with Crippen molar-refractivity contribution in [2.75, 3.05) is 28.2 Å². The molecule has 4 N–H and O–H groups in total. The fourth-order valence-corrected chi connectivity index (χ4v) is 0. The Morgan fingerprint density at radius 2 is 0.818 bits per heavy atom. The maximum Gasteiger partial charge on any atom is 0.668 e. The van der Waals surface area contributed by atoms with Crippen molar-refractivity contribution in [3.63, 3.8) is 0 Å². The van der Waals surface area contributed by atoms with Crippen LogP contribution in [0.25, 0.3) is 0 Å². The van der Waals surface area contributed by atoms with Gasteiger partial charge in [0.1, 0.15) is 0 Å². The molecule has 0 aliphatic rings. The Bertz CT molecular complexity index is 80.6. The molecule has 0 saturated heterocycles. The highest BCUT2D eigenvalue weighted by Gasteiger charge is 2.22. The van der Waals surface area contributed by atoms with Crippen molar-refractivity contribution in [3.05, 3.63) is 0 Å². The molecule has 0 saturated carbocycles. The van der Waals surface area contributed by atoms with E-state index in [1.807, 2.05) is 38.2 Å². The summed E-state index contributed by atoms with van der Waals surface area (Å²) in [5, 5.41) is 4.00. The van der Waals surface area contributed by atoms with Crippen LogP contribution in [-0.2, 0) is 0 Å². The Morgan fingerprint density at radius 3 is 0.818 bits per heavy atom. The molecule has 0 unspecified atom stereocenters. The zero-order chi connectivity index (χ0) is 9.65. The molecule has 0 aliphatic heterocycles. The van der Waals surface area contributed by atoms with Gasteiger partial charge in [0.15, 0.2) is 0 Å². The standard InChI is InChI=1S/C4H12N2.H4O4Si/c1-5(2)6(3)4;1-5(2,3)4/h1-4H3;1-4H. The third-order valence-corrected chi connectivity index (χ3v) is 0.800. The maximum atomic E-state index is 7.33. The Kier molecular flexibility index (Phi) is 6.91. The first-order valence-corrected chi connectivity index (χ1v) is 4.67. The Balaban J connectivity index is 0. The first-order valence-electron chi connectivity index (χ1n) is 2.88. The summed E-state index contributed by atoms with van der Waals surface area (Å²) in [4.78, 5) is 29.3. The van der Waals surface area contributed by atoms with E-state index >= 15 is 0 Å². The molecule has 0 radical (unpaired) electrons. The largest absolute Gasteiger partial charge is 0.668 e. The van der Waals surface area contributed by atoms with E-state index in [1.54, 1.807) is 0 Å². The van der Waals surface area contributed by atoms with E-state index in [1.165, 1.54) is 0 Å². The highest BCUT2D eigenvalue weighted by Crippen LogP contribution is 1.72. The van der Waals surface area contributed by atoms with Crippen LogP contribution in [0, 0.1) is 0 Å². The van der Waals surface area contributed by atoms with E-state index in [-0.39, 0.29) is 0 Å². The first kappa shape index (κ1) is 13.6. The minimum atomic E-state index is -4.61. The quantitative estimate of drug-likeness (QED) is 0.264. The highest BCUT2D eigenvalue weighted by atomic mass is 28.4. The minimum absolute atomic E-state index is 2.00. The highest BCUT2D eigenvalue weighted by molar-refractivity contribution is 6.46. The fraction of sp³-hybridized carbons (Fsp3) is 1.00. The summed E-state index contributed by atoms with van der Waals surface area (Å²) in [7, 11) is 3.39. The zero-order valence-electron chi connectivity index (χ0n) is 7.18. The van der Waals surface area contributed by atoms with Crippen LogP contribution in [0.1, 0.15) is 0 Å².